The predicted octanol–water partition coefficient (Wildman–Crippen LogP) is 4.05. The highest BCUT2D eigenvalue weighted by Crippen LogP contribution is 2.29. The van der Waals surface area contributed by atoms with E-state index in [0.29, 0.717) is 11.4 Å². The number of carbonyl (C=O) groups excluding carboxylic acids is 3. The van der Waals surface area contributed by atoms with Gasteiger partial charge in [0.05, 0.1) is 18.0 Å². The molecule has 3 amide bonds. The third-order valence-electron chi connectivity index (χ3n) is 7.47. The molecule has 0 bridgehead atoms. The molecule has 1 aliphatic heterocycles. The van der Waals surface area contributed by atoms with E-state index in [0.717, 1.165) is 17.9 Å². The van der Waals surface area contributed by atoms with Gasteiger partial charge in [-0.25, -0.2) is 0 Å². The van der Waals surface area contributed by atoms with Crippen LogP contribution in [0.3, 0.4) is 0 Å². The number of nitrogens with one attached hydrogen (secondary N) is 2. The van der Waals surface area contributed by atoms with Crippen LogP contribution in [0.5, 0.6) is 0 Å². The molecule has 1 heterocycles. The molecule has 1 aliphatic rings. The van der Waals surface area contributed by atoms with Crippen LogP contribution in [0.25, 0.3) is 0 Å². The molecule has 0 unspecified atom stereocenters. The molecular formula is C30H48N4O3S. The van der Waals surface area contributed by atoms with Crippen molar-refractivity contribution in [2.24, 2.45) is 11.3 Å². The Bertz CT molecular complexity index is 995. The highest BCUT2D eigenvalue weighted by Gasteiger charge is 2.41. The van der Waals surface area contributed by atoms with E-state index in [1.807, 2.05) is 96.7 Å². The Morgan fingerprint density at radius 2 is 1.66 bits per heavy atom. The largest absolute Gasteiger partial charge is 0.342 e. The molecule has 38 heavy (non-hydrogen) atoms. The van der Waals surface area contributed by atoms with Crippen molar-refractivity contribution in [3.05, 3.63) is 47.5 Å². The lowest BCUT2D eigenvalue weighted by molar-refractivity contribution is -0.141. The topological polar surface area (TPSA) is 81.8 Å². The third-order valence-corrected chi connectivity index (χ3v) is 8.43. The fraction of sp³-hybridized carbons (Fsp3) is 0.633. The molecule has 7 nitrogen and oxygen atoms in total. The second kappa shape index (κ2) is 13.2. The van der Waals surface area contributed by atoms with Crippen LogP contribution in [0.2, 0.25) is 0 Å². The Morgan fingerprint density at radius 1 is 1.05 bits per heavy atom. The van der Waals surface area contributed by atoms with E-state index in [1.165, 1.54) is 0 Å². The van der Waals surface area contributed by atoms with Crippen LogP contribution < -0.4 is 10.6 Å². The van der Waals surface area contributed by atoms with E-state index in [1.54, 1.807) is 30.8 Å². The van der Waals surface area contributed by atoms with Gasteiger partial charge >= 0.3 is 0 Å². The van der Waals surface area contributed by atoms with E-state index in [9.17, 15) is 14.4 Å². The number of thioether (sulfide) groups is 1. The highest BCUT2D eigenvalue weighted by atomic mass is 32.2. The lowest BCUT2D eigenvalue weighted by Gasteiger charge is -2.40. The van der Waals surface area contributed by atoms with Gasteiger partial charge in [0.25, 0.3) is 0 Å². The molecule has 0 aromatic heterocycles. The minimum absolute atomic E-state index is 0.0159. The summed E-state index contributed by atoms with van der Waals surface area (Å²) in [4.78, 5) is 44.1. The number of nitrogens with zero attached hydrogens (tertiary/aromatic N) is 2. The van der Waals surface area contributed by atoms with Gasteiger partial charge in [-0.15, -0.1) is 11.8 Å². The summed E-state index contributed by atoms with van der Waals surface area (Å²) in [5.74, 6) is 1.35. The van der Waals surface area contributed by atoms with Gasteiger partial charge in [-0.1, -0.05) is 84.9 Å². The molecule has 2 N–H and O–H groups in total. The van der Waals surface area contributed by atoms with Gasteiger partial charge < -0.3 is 20.4 Å². The molecule has 8 heteroatoms. The smallest absolute Gasteiger partial charge is 0.249 e. The summed E-state index contributed by atoms with van der Waals surface area (Å²) in [5, 5.41) is 6.27. The molecule has 1 aromatic rings. The van der Waals surface area contributed by atoms with Gasteiger partial charge in [0, 0.05) is 30.3 Å². The number of amides is 3. The zero-order valence-corrected chi connectivity index (χ0v) is 25.7. The Hall–Kier alpha value is -2.32. The number of likely N-dealkylation sites (N-methyl/N-ethyl adjacent to an activating group) is 2. The van der Waals surface area contributed by atoms with Crippen LogP contribution in [-0.2, 0) is 19.8 Å². The summed E-state index contributed by atoms with van der Waals surface area (Å²) in [7, 11) is 3.54. The van der Waals surface area contributed by atoms with E-state index < -0.39 is 22.9 Å². The predicted molar refractivity (Wildman–Crippen MR) is 158 cm³/mol. The summed E-state index contributed by atoms with van der Waals surface area (Å²) in [5.41, 5.74) is 0.638. The first-order valence-corrected chi connectivity index (χ1v) is 14.6. The fourth-order valence-corrected chi connectivity index (χ4v) is 5.93. The number of hydrogen-bond donors (Lipinski definition) is 2. The van der Waals surface area contributed by atoms with Crippen LogP contribution in [-0.4, -0.2) is 77.9 Å². The first-order valence-electron chi connectivity index (χ1n) is 13.5. The van der Waals surface area contributed by atoms with Crippen molar-refractivity contribution < 1.29 is 14.4 Å². The van der Waals surface area contributed by atoms with Gasteiger partial charge in [0.15, 0.2) is 0 Å². The van der Waals surface area contributed by atoms with Crippen molar-refractivity contribution in [1.29, 1.82) is 0 Å². The number of rotatable bonds is 10. The second-order valence-electron chi connectivity index (χ2n) is 12.3. The fourth-order valence-electron chi connectivity index (χ4n) is 4.98. The minimum atomic E-state index is -0.747. The zero-order chi connectivity index (χ0) is 28.8. The van der Waals surface area contributed by atoms with Crippen molar-refractivity contribution >= 4 is 29.5 Å². The maximum atomic E-state index is 14.0. The summed E-state index contributed by atoms with van der Waals surface area (Å²) in [6.45, 7) is 16.6. The number of carbonyl (C=O) groups is 3. The van der Waals surface area contributed by atoms with Gasteiger partial charge in [0.2, 0.25) is 17.7 Å². The Kier molecular flexibility index (Phi) is 11.0. The quantitative estimate of drug-likeness (QED) is 0.435. The SMILES string of the molecule is CN[C@H](C(=O)N[C@H](C(=O)N(C)[C@H](C=C(C)C(=O)N1CCSC1)C(C)C)C(C)(C)C)C(C)(C)c1ccccc1. The van der Waals surface area contributed by atoms with Crippen LogP contribution in [0.15, 0.2) is 42.0 Å². The second-order valence-corrected chi connectivity index (χ2v) is 13.3. The van der Waals surface area contributed by atoms with Crippen molar-refractivity contribution in [2.45, 2.75) is 78.9 Å². The number of benzene rings is 1. The van der Waals surface area contributed by atoms with Crippen LogP contribution in [0.1, 0.15) is 61.0 Å². The van der Waals surface area contributed by atoms with Gasteiger partial charge in [-0.2, -0.15) is 0 Å². The molecular weight excluding hydrogens is 496 g/mol. The van der Waals surface area contributed by atoms with E-state index >= 15 is 0 Å². The average molecular weight is 545 g/mol. The van der Waals surface area contributed by atoms with Gasteiger partial charge in [-0.05, 0) is 30.9 Å². The molecule has 3 atom stereocenters. The van der Waals surface area contributed by atoms with Crippen LogP contribution >= 0.6 is 11.8 Å². The molecule has 0 radical (unpaired) electrons. The summed E-state index contributed by atoms with van der Waals surface area (Å²) >= 11 is 1.75. The van der Waals surface area contributed by atoms with Crippen molar-refractivity contribution in [3.8, 4) is 0 Å². The summed E-state index contributed by atoms with van der Waals surface area (Å²) in [6, 6.07) is 8.33. The first-order chi connectivity index (χ1) is 17.6. The molecule has 2 rings (SSSR count). The van der Waals surface area contributed by atoms with Crippen molar-refractivity contribution in [1.82, 2.24) is 20.4 Å². The Balaban J connectivity index is 2.31. The van der Waals surface area contributed by atoms with Crippen LogP contribution in [0.4, 0.5) is 0 Å². The standard InChI is InChI=1S/C30H48N4O3S/c1-20(2)23(18-21(3)27(36)34-16-17-38-19-34)33(10)28(37)25(29(4,5)6)32-26(35)24(31-9)30(7,8)22-14-12-11-13-15-22/h11-15,18,20,23-25,31H,16-17,19H2,1-10H3,(H,32,35)/t23-,24-,25-/m1/s1. The van der Waals surface area contributed by atoms with Gasteiger partial charge in [0.1, 0.15) is 6.04 Å². The van der Waals surface area contributed by atoms with Crippen LogP contribution in [0, 0.1) is 11.3 Å². The molecule has 0 aliphatic carbocycles. The average Bonchev–Trinajstić information content (AvgIpc) is 3.39. The molecule has 0 spiro atoms. The monoisotopic (exact) mass is 544 g/mol. The van der Waals surface area contributed by atoms with E-state index in [-0.39, 0.29) is 29.7 Å². The first kappa shape index (κ1) is 31.9. The Labute approximate surface area is 234 Å². The molecule has 212 valence electrons. The lowest BCUT2D eigenvalue weighted by atomic mass is 9.76. The number of hydrogen-bond acceptors (Lipinski definition) is 5. The molecule has 1 fully saturated rings. The third kappa shape index (κ3) is 7.63. The normalized spacial score (nSPS) is 17.2. The molecule has 1 aromatic carbocycles. The highest BCUT2D eigenvalue weighted by molar-refractivity contribution is 7.99. The summed E-state index contributed by atoms with van der Waals surface area (Å²) < 4.78 is 0. The van der Waals surface area contributed by atoms with Gasteiger partial charge in [-0.3, -0.25) is 14.4 Å². The Morgan fingerprint density at radius 3 is 2.13 bits per heavy atom. The zero-order valence-electron chi connectivity index (χ0n) is 24.9. The maximum absolute atomic E-state index is 14.0. The minimum Gasteiger partial charge on any atom is -0.342 e. The van der Waals surface area contributed by atoms with E-state index in [2.05, 4.69) is 10.6 Å². The summed E-state index contributed by atoms with van der Waals surface area (Å²) in [6.07, 6.45) is 1.91. The lowest BCUT2D eigenvalue weighted by Crippen LogP contribution is -2.61. The van der Waals surface area contributed by atoms with Crippen molar-refractivity contribution in [2.75, 3.05) is 32.3 Å². The maximum Gasteiger partial charge on any atom is 0.249 e. The van der Waals surface area contributed by atoms with E-state index in [4.69, 9.17) is 0 Å². The molecule has 0 saturated carbocycles. The molecule has 1 saturated heterocycles. The van der Waals surface area contributed by atoms with Crippen molar-refractivity contribution in [3.63, 3.8) is 0 Å².